The van der Waals surface area contributed by atoms with E-state index in [2.05, 4.69) is 5.32 Å². The lowest BCUT2D eigenvalue weighted by molar-refractivity contribution is -0.148. The van der Waals surface area contributed by atoms with Crippen molar-refractivity contribution in [1.82, 2.24) is 4.72 Å². The van der Waals surface area contributed by atoms with Crippen molar-refractivity contribution in [2.45, 2.75) is 17.9 Å². The number of nitrogens with one attached hydrogen (secondary N) is 2. The third-order valence-corrected chi connectivity index (χ3v) is 5.05. The number of rotatable bonds is 7. The second-order valence-corrected chi connectivity index (χ2v) is 7.27. The number of amides is 1. The summed E-state index contributed by atoms with van der Waals surface area (Å²) in [6.07, 6.45) is 0. The predicted molar refractivity (Wildman–Crippen MR) is 96.9 cm³/mol. The predicted octanol–water partition coefficient (Wildman–Crippen LogP) is 1.55. The summed E-state index contributed by atoms with van der Waals surface area (Å²) in [6, 6.07) is 11.5. The Morgan fingerprint density at radius 3 is 2.50 bits per heavy atom. The van der Waals surface area contributed by atoms with Crippen LogP contribution in [0.2, 0.25) is 0 Å². The van der Waals surface area contributed by atoms with Crippen molar-refractivity contribution in [2.24, 2.45) is 0 Å². The van der Waals surface area contributed by atoms with Crippen LogP contribution in [0.5, 0.6) is 0 Å². The van der Waals surface area contributed by atoms with E-state index in [4.69, 9.17) is 10.00 Å². The van der Waals surface area contributed by atoms with Gasteiger partial charge in [-0.2, -0.15) is 9.98 Å². The Morgan fingerprint density at radius 1 is 1.18 bits per heavy atom. The number of hydrogen-bond donors (Lipinski definition) is 2. The largest absolute Gasteiger partial charge is 0.454 e. The third kappa shape index (κ3) is 5.35. The molecule has 0 aliphatic heterocycles. The fraction of sp³-hybridized carbons (Fsp3) is 0.167. The highest BCUT2D eigenvalue weighted by atomic mass is 32.2. The van der Waals surface area contributed by atoms with Gasteiger partial charge in [-0.15, -0.1) is 0 Å². The lowest BCUT2D eigenvalue weighted by atomic mass is 10.2. The first-order valence-corrected chi connectivity index (χ1v) is 9.45. The maximum atomic E-state index is 13.6. The molecule has 0 saturated carbocycles. The van der Waals surface area contributed by atoms with Gasteiger partial charge in [0.2, 0.25) is 10.0 Å². The standard InChI is InChI=1S/C18H16FN3O5S/c1-12(22-28(25,26)16-9-5-3-7-14(16)19)18(24)27-11-17(23)21-15-8-4-2-6-13(15)10-20/h2-9,12,22H,11H2,1H3,(H,21,23)/t12-/m0/s1. The number of anilines is 1. The van der Waals surface area contributed by atoms with Crippen LogP contribution in [-0.4, -0.2) is 32.9 Å². The normalized spacial score (nSPS) is 11.9. The molecule has 0 bridgehead atoms. The van der Waals surface area contributed by atoms with Gasteiger partial charge in [-0.25, -0.2) is 12.8 Å². The van der Waals surface area contributed by atoms with Gasteiger partial charge in [-0.1, -0.05) is 24.3 Å². The van der Waals surface area contributed by atoms with Crippen LogP contribution < -0.4 is 10.0 Å². The lowest BCUT2D eigenvalue weighted by Gasteiger charge is -2.14. The Hall–Kier alpha value is -3.29. The molecule has 0 unspecified atom stereocenters. The third-order valence-electron chi connectivity index (χ3n) is 3.48. The van der Waals surface area contributed by atoms with Crippen LogP contribution in [-0.2, 0) is 24.3 Å². The van der Waals surface area contributed by atoms with Crippen LogP contribution in [0.1, 0.15) is 12.5 Å². The highest BCUT2D eigenvalue weighted by Gasteiger charge is 2.25. The van der Waals surface area contributed by atoms with Gasteiger partial charge >= 0.3 is 5.97 Å². The number of carbonyl (C=O) groups excluding carboxylic acids is 2. The van der Waals surface area contributed by atoms with Crippen LogP contribution in [0.4, 0.5) is 10.1 Å². The molecular weight excluding hydrogens is 389 g/mol. The molecule has 0 fully saturated rings. The molecule has 0 aliphatic rings. The maximum absolute atomic E-state index is 13.6. The zero-order chi connectivity index (χ0) is 20.7. The molecule has 0 aromatic heterocycles. The molecule has 0 saturated heterocycles. The second-order valence-electron chi connectivity index (χ2n) is 5.59. The molecule has 146 valence electrons. The molecule has 1 amide bonds. The van der Waals surface area contributed by atoms with Gasteiger partial charge in [0, 0.05) is 0 Å². The maximum Gasteiger partial charge on any atom is 0.324 e. The molecule has 2 N–H and O–H groups in total. The minimum absolute atomic E-state index is 0.230. The smallest absolute Gasteiger partial charge is 0.324 e. The number of nitriles is 1. The number of nitrogens with zero attached hydrogens (tertiary/aromatic N) is 1. The van der Waals surface area contributed by atoms with Crippen LogP contribution >= 0.6 is 0 Å². The average Bonchev–Trinajstić information content (AvgIpc) is 2.66. The van der Waals surface area contributed by atoms with E-state index in [-0.39, 0.29) is 11.3 Å². The second kappa shape index (κ2) is 9.07. The molecule has 28 heavy (non-hydrogen) atoms. The number of ether oxygens (including phenoxy) is 1. The summed E-state index contributed by atoms with van der Waals surface area (Å²) in [7, 11) is -4.29. The van der Waals surface area contributed by atoms with Gasteiger partial charge in [0.25, 0.3) is 5.91 Å². The monoisotopic (exact) mass is 405 g/mol. The first kappa shape index (κ1) is 21.0. The topological polar surface area (TPSA) is 125 Å². The molecule has 10 heteroatoms. The fourth-order valence-electron chi connectivity index (χ4n) is 2.14. The summed E-state index contributed by atoms with van der Waals surface area (Å²) in [4.78, 5) is 23.2. The Morgan fingerprint density at radius 2 is 1.82 bits per heavy atom. The number of carbonyl (C=O) groups is 2. The minimum atomic E-state index is -4.29. The molecule has 8 nitrogen and oxygen atoms in total. The van der Waals surface area contributed by atoms with E-state index < -0.39 is 45.3 Å². The Kier molecular flexibility index (Phi) is 6.81. The van der Waals surface area contributed by atoms with Crippen molar-refractivity contribution in [3.63, 3.8) is 0 Å². The van der Waals surface area contributed by atoms with E-state index in [1.165, 1.54) is 31.2 Å². The molecule has 0 radical (unpaired) electrons. The quantitative estimate of drug-likeness (QED) is 0.673. The van der Waals surface area contributed by atoms with Crippen molar-refractivity contribution in [3.05, 3.63) is 59.9 Å². The van der Waals surface area contributed by atoms with Crippen LogP contribution in [0, 0.1) is 17.1 Å². The van der Waals surface area contributed by atoms with Crippen LogP contribution in [0.25, 0.3) is 0 Å². The molecule has 2 aromatic rings. The first-order chi connectivity index (χ1) is 13.2. The molecule has 0 spiro atoms. The molecule has 1 atom stereocenters. The number of sulfonamides is 1. The summed E-state index contributed by atoms with van der Waals surface area (Å²) in [5.74, 6) is -2.70. The molecule has 2 rings (SSSR count). The Bertz CT molecular complexity index is 1030. The fourth-order valence-corrected chi connectivity index (χ4v) is 3.42. The van der Waals surface area contributed by atoms with Crippen LogP contribution in [0.15, 0.2) is 53.4 Å². The number of hydrogen-bond acceptors (Lipinski definition) is 6. The zero-order valence-electron chi connectivity index (χ0n) is 14.7. The Balaban J connectivity index is 1.93. The van der Waals surface area contributed by atoms with E-state index in [0.29, 0.717) is 0 Å². The lowest BCUT2D eigenvalue weighted by Crippen LogP contribution is -2.40. The van der Waals surface area contributed by atoms with Gasteiger partial charge in [-0.3, -0.25) is 9.59 Å². The average molecular weight is 405 g/mol. The van der Waals surface area contributed by atoms with Gasteiger partial charge < -0.3 is 10.1 Å². The van der Waals surface area contributed by atoms with Gasteiger partial charge in [0.15, 0.2) is 6.61 Å². The van der Waals surface area contributed by atoms with E-state index >= 15 is 0 Å². The summed E-state index contributed by atoms with van der Waals surface area (Å²) in [6.45, 7) is 0.508. The van der Waals surface area contributed by atoms with E-state index in [1.807, 2.05) is 10.8 Å². The van der Waals surface area contributed by atoms with Gasteiger partial charge in [-0.05, 0) is 31.2 Å². The summed E-state index contributed by atoms with van der Waals surface area (Å²) in [5.41, 5.74) is 0.479. The summed E-state index contributed by atoms with van der Waals surface area (Å²) in [5, 5.41) is 11.4. The van der Waals surface area contributed by atoms with Crippen LogP contribution in [0.3, 0.4) is 0 Å². The minimum Gasteiger partial charge on any atom is -0.454 e. The van der Waals surface area contributed by atoms with E-state index in [9.17, 15) is 22.4 Å². The number of benzene rings is 2. The van der Waals surface area contributed by atoms with Crippen molar-refractivity contribution in [3.8, 4) is 6.07 Å². The molecule has 0 heterocycles. The number of para-hydroxylation sites is 1. The number of halogens is 1. The SMILES string of the molecule is C[C@H](NS(=O)(=O)c1ccccc1F)C(=O)OCC(=O)Nc1ccccc1C#N. The summed E-state index contributed by atoms with van der Waals surface area (Å²) >= 11 is 0. The highest BCUT2D eigenvalue weighted by molar-refractivity contribution is 7.89. The van der Waals surface area contributed by atoms with E-state index in [1.54, 1.807) is 12.1 Å². The number of esters is 1. The zero-order valence-corrected chi connectivity index (χ0v) is 15.5. The molecule has 2 aromatic carbocycles. The van der Waals surface area contributed by atoms with Gasteiger partial charge in [0.05, 0.1) is 11.3 Å². The Labute approximate surface area is 161 Å². The highest BCUT2D eigenvalue weighted by Crippen LogP contribution is 2.14. The van der Waals surface area contributed by atoms with Crippen molar-refractivity contribution in [2.75, 3.05) is 11.9 Å². The van der Waals surface area contributed by atoms with E-state index in [0.717, 1.165) is 12.1 Å². The van der Waals surface area contributed by atoms with Crippen molar-refractivity contribution >= 4 is 27.6 Å². The summed E-state index contributed by atoms with van der Waals surface area (Å²) < 4.78 is 44.7. The molecular formula is C18H16FN3O5S. The first-order valence-electron chi connectivity index (χ1n) is 7.97. The van der Waals surface area contributed by atoms with Crippen molar-refractivity contribution in [1.29, 1.82) is 5.26 Å². The molecule has 0 aliphatic carbocycles. The van der Waals surface area contributed by atoms with Gasteiger partial charge in [0.1, 0.15) is 22.8 Å². The van der Waals surface area contributed by atoms with Crippen molar-refractivity contribution < 1.29 is 27.1 Å².